The fourth-order valence-corrected chi connectivity index (χ4v) is 3.70. The molecule has 2 aliphatic carbocycles. The molecule has 4 rings (SSSR count). The first-order chi connectivity index (χ1) is 12.5. The van der Waals surface area contributed by atoms with Crippen molar-refractivity contribution in [3.63, 3.8) is 0 Å². The molecule has 0 aliphatic heterocycles. The van der Waals surface area contributed by atoms with Crippen molar-refractivity contribution in [2.75, 3.05) is 0 Å². The van der Waals surface area contributed by atoms with Crippen molar-refractivity contribution >= 4 is 0 Å². The van der Waals surface area contributed by atoms with Crippen LogP contribution in [0.5, 0.6) is 11.5 Å². The molecule has 2 aliphatic rings. The average Bonchev–Trinajstić information content (AvgIpc) is 2.92. The largest absolute Gasteiger partial charge is 0.457 e. The Hall–Kier alpha value is -2.73. The number of ether oxygens (including phenoxy) is 1. The highest BCUT2D eigenvalue weighted by molar-refractivity contribution is 5.60. The fraction of sp³-hybridized carbons (Fsp3) is 0.278. The van der Waals surface area contributed by atoms with Crippen LogP contribution in [0.25, 0.3) is 0 Å². The van der Waals surface area contributed by atoms with Gasteiger partial charge < -0.3 is 9.84 Å². The quantitative estimate of drug-likeness (QED) is 0.754. The Bertz CT molecular complexity index is 1020. The summed E-state index contributed by atoms with van der Waals surface area (Å²) in [5.41, 5.74) is -6.20. The number of nitriles is 1. The zero-order chi connectivity index (χ0) is 19.8. The first-order valence-electron chi connectivity index (χ1n) is 7.71. The predicted octanol–water partition coefficient (Wildman–Crippen LogP) is 4.83. The Morgan fingerprint density at radius 1 is 1.15 bits per heavy atom. The molecule has 2 aromatic rings. The van der Waals surface area contributed by atoms with Crippen molar-refractivity contribution in [3.8, 4) is 17.6 Å². The molecular weight excluding hydrogens is 376 g/mol. The molecular formula is C18H9F6NO2. The van der Waals surface area contributed by atoms with E-state index < -0.39 is 58.3 Å². The molecule has 0 spiro atoms. The number of aliphatic hydroxyl groups is 1. The molecule has 27 heavy (non-hydrogen) atoms. The van der Waals surface area contributed by atoms with E-state index in [2.05, 4.69) is 0 Å². The summed E-state index contributed by atoms with van der Waals surface area (Å²) in [4.78, 5) is 0. The molecule has 0 amide bonds. The summed E-state index contributed by atoms with van der Waals surface area (Å²) in [7, 11) is 0. The molecule has 2 aromatic carbocycles. The van der Waals surface area contributed by atoms with E-state index >= 15 is 0 Å². The van der Waals surface area contributed by atoms with Gasteiger partial charge in [0.15, 0.2) is 5.60 Å². The highest BCUT2D eigenvalue weighted by Crippen LogP contribution is 2.68. The molecule has 140 valence electrons. The van der Waals surface area contributed by atoms with Crippen molar-refractivity contribution in [1.82, 2.24) is 0 Å². The Balaban J connectivity index is 1.89. The summed E-state index contributed by atoms with van der Waals surface area (Å²) in [5.74, 6) is -11.1. The molecule has 3 nitrogen and oxygen atoms in total. The summed E-state index contributed by atoms with van der Waals surface area (Å²) in [6.45, 7) is 0. The minimum Gasteiger partial charge on any atom is -0.457 e. The van der Waals surface area contributed by atoms with Crippen LogP contribution in [-0.4, -0.2) is 11.0 Å². The first-order valence-corrected chi connectivity index (χ1v) is 7.71. The molecule has 0 saturated heterocycles. The fourth-order valence-electron chi connectivity index (χ4n) is 3.70. The van der Waals surface area contributed by atoms with Gasteiger partial charge in [-0.3, -0.25) is 0 Å². The van der Waals surface area contributed by atoms with E-state index in [1.807, 2.05) is 0 Å². The molecule has 0 aromatic heterocycles. The van der Waals surface area contributed by atoms with Gasteiger partial charge in [0.25, 0.3) is 0 Å². The van der Waals surface area contributed by atoms with Gasteiger partial charge in [-0.1, -0.05) is 0 Å². The Morgan fingerprint density at radius 2 is 1.85 bits per heavy atom. The maximum absolute atomic E-state index is 14.5. The third-order valence-electron chi connectivity index (χ3n) is 4.89. The minimum atomic E-state index is -4.90. The Labute approximate surface area is 148 Å². The van der Waals surface area contributed by atoms with Gasteiger partial charge in [0.05, 0.1) is 11.6 Å². The molecule has 0 heterocycles. The zero-order valence-electron chi connectivity index (χ0n) is 13.2. The number of alkyl halides is 5. The highest BCUT2D eigenvalue weighted by Gasteiger charge is 2.79. The number of hydrogen-bond donors (Lipinski definition) is 1. The van der Waals surface area contributed by atoms with E-state index in [1.165, 1.54) is 0 Å². The third kappa shape index (κ3) is 2.07. The van der Waals surface area contributed by atoms with Gasteiger partial charge in [-0.2, -0.15) is 22.8 Å². The van der Waals surface area contributed by atoms with E-state index in [9.17, 15) is 31.4 Å². The van der Waals surface area contributed by atoms with Crippen LogP contribution in [0.1, 0.15) is 34.8 Å². The number of halogens is 6. The van der Waals surface area contributed by atoms with Crippen LogP contribution in [0.3, 0.4) is 0 Å². The van der Waals surface area contributed by atoms with E-state index in [1.54, 1.807) is 6.07 Å². The van der Waals surface area contributed by atoms with E-state index in [0.717, 1.165) is 24.3 Å². The monoisotopic (exact) mass is 385 g/mol. The van der Waals surface area contributed by atoms with Crippen LogP contribution in [0.2, 0.25) is 0 Å². The minimum absolute atomic E-state index is 0.117. The predicted molar refractivity (Wildman–Crippen MR) is 78.8 cm³/mol. The molecule has 2 atom stereocenters. The van der Waals surface area contributed by atoms with Crippen molar-refractivity contribution in [1.29, 1.82) is 5.26 Å². The second-order valence-corrected chi connectivity index (χ2v) is 6.47. The molecule has 0 bridgehead atoms. The van der Waals surface area contributed by atoms with Crippen LogP contribution in [0.15, 0.2) is 30.3 Å². The maximum Gasteiger partial charge on any atom is 0.346 e. The van der Waals surface area contributed by atoms with Crippen LogP contribution in [0, 0.1) is 17.1 Å². The van der Waals surface area contributed by atoms with Crippen LogP contribution in [0.4, 0.5) is 26.3 Å². The Morgan fingerprint density at radius 3 is 2.52 bits per heavy atom. The SMILES string of the molecule is N#Cc1cc(F)cc(Oc2ccc3c4c2[C@@H](F)C[C@]4(O)C(F)(F)C3(F)F)c1. The number of rotatable bonds is 2. The standard InChI is InChI=1S/C18H9F6NO2/c19-9-3-8(7-25)4-10(5-9)27-13-2-1-11-15-14(13)12(20)6-16(15,26)18(23,24)17(11,21)22/h1-5,12,26H,6H2/t12-,16+/m0/s1. The summed E-state index contributed by atoms with van der Waals surface area (Å²) in [6, 6.07) is 6.04. The summed E-state index contributed by atoms with van der Waals surface area (Å²) in [6.07, 6.45) is -3.45. The molecule has 1 N–H and O–H groups in total. The van der Waals surface area contributed by atoms with Crippen LogP contribution >= 0.6 is 0 Å². The van der Waals surface area contributed by atoms with Gasteiger partial charge in [0.2, 0.25) is 0 Å². The number of benzene rings is 2. The molecule has 0 radical (unpaired) electrons. The van der Waals surface area contributed by atoms with Gasteiger partial charge >= 0.3 is 11.8 Å². The first kappa shape index (κ1) is 17.7. The normalized spacial score (nSPS) is 26.5. The smallest absolute Gasteiger partial charge is 0.346 e. The van der Waals surface area contributed by atoms with E-state index in [4.69, 9.17) is 10.00 Å². The molecule has 9 heteroatoms. The van der Waals surface area contributed by atoms with Crippen molar-refractivity contribution < 1.29 is 36.2 Å². The summed E-state index contributed by atoms with van der Waals surface area (Å²) >= 11 is 0. The van der Waals surface area contributed by atoms with Crippen LogP contribution in [-0.2, 0) is 11.5 Å². The average molecular weight is 385 g/mol. The van der Waals surface area contributed by atoms with Crippen molar-refractivity contribution in [3.05, 3.63) is 58.4 Å². The third-order valence-corrected chi connectivity index (χ3v) is 4.89. The second kappa shape index (κ2) is 5.16. The highest BCUT2D eigenvalue weighted by atomic mass is 19.3. The second-order valence-electron chi connectivity index (χ2n) is 6.47. The van der Waals surface area contributed by atoms with Gasteiger partial charge in [-0.15, -0.1) is 0 Å². The van der Waals surface area contributed by atoms with Gasteiger partial charge in [-0.05, 0) is 24.3 Å². The lowest BCUT2D eigenvalue weighted by molar-refractivity contribution is -0.287. The van der Waals surface area contributed by atoms with Gasteiger partial charge in [0.1, 0.15) is 23.5 Å². The molecule has 0 fully saturated rings. The van der Waals surface area contributed by atoms with E-state index in [0.29, 0.717) is 6.07 Å². The maximum atomic E-state index is 14.5. The van der Waals surface area contributed by atoms with Crippen LogP contribution < -0.4 is 4.74 Å². The lowest BCUT2D eigenvalue weighted by Crippen LogP contribution is -2.48. The lowest BCUT2D eigenvalue weighted by Gasteiger charge is -2.30. The molecule has 0 unspecified atom stereocenters. The summed E-state index contributed by atoms with van der Waals surface area (Å²) < 4.78 is 89.9. The summed E-state index contributed by atoms with van der Waals surface area (Å²) in [5, 5.41) is 19.1. The van der Waals surface area contributed by atoms with Gasteiger partial charge in [-0.25, -0.2) is 8.78 Å². The lowest BCUT2D eigenvalue weighted by atomic mass is 9.95. The van der Waals surface area contributed by atoms with Crippen molar-refractivity contribution in [2.24, 2.45) is 0 Å². The topological polar surface area (TPSA) is 53.2 Å². The Kier molecular flexibility index (Phi) is 3.38. The van der Waals surface area contributed by atoms with Gasteiger partial charge in [0, 0.05) is 29.2 Å². The van der Waals surface area contributed by atoms with E-state index in [-0.39, 0.29) is 11.3 Å². The molecule has 0 saturated carbocycles. The number of nitrogens with zero attached hydrogens (tertiary/aromatic N) is 1. The number of hydrogen-bond acceptors (Lipinski definition) is 3. The van der Waals surface area contributed by atoms with Crippen molar-refractivity contribution in [2.45, 2.75) is 30.0 Å². The zero-order valence-corrected chi connectivity index (χ0v) is 13.2.